The number of nitrogens with zero attached hydrogens (tertiary/aromatic N) is 1. The number of terminal acetylenes is 1. The molecule has 1 unspecified atom stereocenters. The van der Waals surface area contributed by atoms with Crippen LogP contribution in [0.5, 0.6) is 5.75 Å². The minimum atomic E-state index is -0.146. The molecule has 4 heteroatoms. The predicted octanol–water partition coefficient (Wildman–Crippen LogP) is 1.48. The molecule has 1 aromatic rings. The van der Waals surface area contributed by atoms with E-state index in [0.29, 0.717) is 23.4 Å². The molecule has 0 aliphatic carbocycles. The number of aromatic hydroxyl groups is 1. The van der Waals surface area contributed by atoms with Crippen LogP contribution in [0.4, 0.5) is 0 Å². The normalized spacial score (nSPS) is 12.1. The fourth-order valence-electron chi connectivity index (χ4n) is 1.78. The molecule has 0 aliphatic heterocycles. The van der Waals surface area contributed by atoms with Gasteiger partial charge in [-0.05, 0) is 13.3 Å². The highest BCUT2D eigenvalue weighted by Crippen LogP contribution is 2.23. The molecular formula is C14H20N2O2. The number of aliphatic hydroxyl groups is 1. The zero-order valence-corrected chi connectivity index (χ0v) is 10.9. The molecule has 0 saturated heterocycles. The van der Waals surface area contributed by atoms with Crippen LogP contribution in [0.1, 0.15) is 36.6 Å². The molecule has 0 spiro atoms. The van der Waals surface area contributed by atoms with Gasteiger partial charge in [0.25, 0.3) is 0 Å². The minimum absolute atomic E-state index is 0.0191. The molecule has 3 N–H and O–H groups in total. The van der Waals surface area contributed by atoms with E-state index < -0.39 is 0 Å². The standard InChI is InChI=1S/C14H20N2O2/c1-4-6-12(5-2)16-8-13-11(9-17)7-15-10(3)14(13)18/h2,7,12,16-18H,4,6,8-9H2,1,3H3. The Hall–Kier alpha value is -1.57. The lowest BCUT2D eigenvalue weighted by molar-refractivity contribution is 0.278. The number of nitrogens with one attached hydrogen (secondary N) is 1. The van der Waals surface area contributed by atoms with Crippen molar-refractivity contribution >= 4 is 0 Å². The maximum absolute atomic E-state index is 9.96. The molecular weight excluding hydrogens is 228 g/mol. The van der Waals surface area contributed by atoms with E-state index in [-0.39, 0.29) is 18.4 Å². The third kappa shape index (κ3) is 3.46. The molecule has 0 amide bonds. The van der Waals surface area contributed by atoms with Crippen LogP contribution >= 0.6 is 0 Å². The summed E-state index contributed by atoms with van der Waals surface area (Å²) >= 11 is 0. The van der Waals surface area contributed by atoms with E-state index >= 15 is 0 Å². The lowest BCUT2D eigenvalue weighted by Gasteiger charge is -2.15. The molecule has 98 valence electrons. The Morgan fingerprint density at radius 3 is 2.83 bits per heavy atom. The lowest BCUT2D eigenvalue weighted by atomic mass is 10.1. The van der Waals surface area contributed by atoms with E-state index in [0.717, 1.165) is 12.8 Å². The van der Waals surface area contributed by atoms with Crippen LogP contribution in [0.2, 0.25) is 0 Å². The highest BCUT2D eigenvalue weighted by Gasteiger charge is 2.12. The van der Waals surface area contributed by atoms with Crippen LogP contribution < -0.4 is 5.32 Å². The number of hydrogen-bond donors (Lipinski definition) is 3. The minimum Gasteiger partial charge on any atom is -0.506 e. The van der Waals surface area contributed by atoms with Crippen molar-refractivity contribution in [1.82, 2.24) is 10.3 Å². The third-order valence-corrected chi connectivity index (χ3v) is 2.90. The molecule has 1 heterocycles. The van der Waals surface area contributed by atoms with Gasteiger partial charge in [0.05, 0.1) is 18.3 Å². The first-order valence-electron chi connectivity index (χ1n) is 6.10. The summed E-state index contributed by atoms with van der Waals surface area (Å²) in [7, 11) is 0. The summed E-state index contributed by atoms with van der Waals surface area (Å²) in [4.78, 5) is 4.02. The molecule has 0 bridgehead atoms. The summed E-state index contributed by atoms with van der Waals surface area (Å²) in [6, 6.07) is -0.0191. The molecule has 0 saturated carbocycles. The maximum atomic E-state index is 9.96. The number of aliphatic hydroxyl groups excluding tert-OH is 1. The largest absolute Gasteiger partial charge is 0.506 e. The van der Waals surface area contributed by atoms with Gasteiger partial charge in [0.15, 0.2) is 0 Å². The summed E-state index contributed by atoms with van der Waals surface area (Å²) in [5.74, 6) is 2.80. The van der Waals surface area contributed by atoms with Crippen LogP contribution in [0.3, 0.4) is 0 Å². The number of pyridine rings is 1. The second kappa shape index (κ2) is 7.00. The second-order valence-electron chi connectivity index (χ2n) is 4.24. The van der Waals surface area contributed by atoms with E-state index in [4.69, 9.17) is 6.42 Å². The van der Waals surface area contributed by atoms with Crippen LogP contribution in [0.15, 0.2) is 6.20 Å². The van der Waals surface area contributed by atoms with Crippen LogP contribution in [-0.2, 0) is 13.2 Å². The van der Waals surface area contributed by atoms with Crippen molar-refractivity contribution in [1.29, 1.82) is 0 Å². The summed E-state index contributed by atoms with van der Waals surface area (Å²) in [5.41, 5.74) is 1.84. The zero-order valence-electron chi connectivity index (χ0n) is 10.9. The Labute approximate surface area is 108 Å². The van der Waals surface area contributed by atoms with Crippen LogP contribution in [0.25, 0.3) is 0 Å². The van der Waals surface area contributed by atoms with Gasteiger partial charge >= 0.3 is 0 Å². The van der Waals surface area contributed by atoms with Crippen molar-refractivity contribution in [3.8, 4) is 18.1 Å². The topological polar surface area (TPSA) is 65.4 Å². The van der Waals surface area contributed by atoms with Gasteiger partial charge in [0, 0.05) is 23.9 Å². The molecule has 0 aliphatic rings. The Morgan fingerprint density at radius 2 is 2.28 bits per heavy atom. The average Bonchev–Trinajstić information content (AvgIpc) is 2.38. The summed E-state index contributed by atoms with van der Waals surface area (Å²) in [6.45, 7) is 4.08. The van der Waals surface area contributed by atoms with Crippen molar-refractivity contribution in [2.75, 3.05) is 0 Å². The van der Waals surface area contributed by atoms with E-state index in [1.165, 1.54) is 0 Å². The average molecular weight is 248 g/mol. The summed E-state index contributed by atoms with van der Waals surface area (Å²) in [5, 5.41) is 22.4. The van der Waals surface area contributed by atoms with Crippen molar-refractivity contribution < 1.29 is 10.2 Å². The fourth-order valence-corrected chi connectivity index (χ4v) is 1.78. The van der Waals surface area contributed by atoms with E-state index in [1.807, 2.05) is 0 Å². The first kappa shape index (κ1) is 14.5. The smallest absolute Gasteiger partial charge is 0.141 e. The molecule has 1 atom stereocenters. The summed E-state index contributed by atoms with van der Waals surface area (Å²) < 4.78 is 0. The second-order valence-corrected chi connectivity index (χ2v) is 4.24. The first-order valence-corrected chi connectivity index (χ1v) is 6.10. The number of hydrogen-bond acceptors (Lipinski definition) is 4. The van der Waals surface area contributed by atoms with Crippen molar-refractivity contribution in [2.24, 2.45) is 0 Å². The van der Waals surface area contributed by atoms with Gasteiger partial charge in [-0.2, -0.15) is 0 Å². The molecule has 0 aromatic carbocycles. The molecule has 1 aromatic heterocycles. The van der Waals surface area contributed by atoms with Gasteiger partial charge < -0.3 is 10.2 Å². The van der Waals surface area contributed by atoms with E-state index in [9.17, 15) is 10.2 Å². The summed E-state index contributed by atoms with van der Waals surface area (Å²) in [6.07, 6.45) is 8.89. The Kier molecular flexibility index (Phi) is 5.63. The van der Waals surface area contributed by atoms with Gasteiger partial charge in [-0.3, -0.25) is 10.3 Å². The first-order chi connectivity index (χ1) is 8.63. The van der Waals surface area contributed by atoms with Gasteiger partial charge in [-0.25, -0.2) is 0 Å². The Bertz CT molecular complexity index is 438. The lowest BCUT2D eigenvalue weighted by Crippen LogP contribution is -2.27. The Morgan fingerprint density at radius 1 is 1.56 bits per heavy atom. The Balaban J connectivity index is 2.83. The molecule has 18 heavy (non-hydrogen) atoms. The van der Waals surface area contributed by atoms with Crippen LogP contribution in [-0.4, -0.2) is 21.2 Å². The van der Waals surface area contributed by atoms with Gasteiger partial charge in [0.1, 0.15) is 5.75 Å². The maximum Gasteiger partial charge on any atom is 0.141 e. The van der Waals surface area contributed by atoms with E-state index in [2.05, 4.69) is 23.1 Å². The van der Waals surface area contributed by atoms with Gasteiger partial charge in [0.2, 0.25) is 0 Å². The van der Waals surface area contributed by atoms with Crippen LogP contribution in [0, 0.1) is 19.3 Å². The SMILES string of the molecule is C#CC(CCC)NCc1c(CO)cnc(C)c1O. The third-order valence-electron chi connectivity index (χ3n) is 2.90. The number of aryl methyl sites for hydroxylation is 1. The monoisotopic (exact) mass is 248 g/mol. The predicted molar refractivity (Wildman–Crippen MR) is 70.9 cm³/mol. The fraction of sp³-hybridized carbons (Fsp3) is 0.500. The van der Waals surface area contributed by atoms with E-state index in [1.54, 1.807) is 13.1 Å². The van der Waals surface area contributed by atoms with Crippen molar-refractivity contribution in [2.45, 2.75) is 45.9 Å². The van der Waals surface area contributed by atoms with Gasteiger partial charge in [-0.1, -0.05) is 19.3 Å². The molecule has 4 nitrogen and oxygen atoms in total. The number of rotatable bonds is 6. The molecule has 0 fully saturated rings. The zero-order chi connectivity index (χ0) is 13.5. The highest BCUT2D eigenvalue weighted by molar-refractivity contribution is 5.40. The highest BCUT2D eigenvalue weighted by atomic mass is 16.3. The number of aromatic nitrogens is 1. The molecule has 0 radical (unpaired) electrons. The molecule has 1 rings (SSSR count). The quantitative estimate of drug-likeness (QED) is 0.667. The van der Waals surface area contributed by atoms with Crippen molar-refractivity contribution in [3.63, 3.8) is 0 Å². The van der Waals surface area contributed by atoms with Gasteiger partial charge in [-0.15, -0.1) is 6.42 Å². The van der Waals surface area contributed by atoms with Crippen molar-refractivity contribution in [3.05, 3.63) is 23.0 Å².